The van der Waals surface area contributed by atoms with Gasteiger partial charge in [-0.1, -0.05) is 198 Å². The second kappa shape index (κ2) is 45.1. The second-order valence-corrected chi connectivity index (χ2v) is 18.5. The average molecular weight is 877 g/mol. The number of hydrogen-bond donors (Lipinski definition) is 1. The van der Waals surface area contributed by atoms with E-state index in [-0.39, 0.29) is 32.2 Å². The number of carbonyl (C=O) groups is 3. The number of unbranched alkanes of at least 4 members (excludes halogenated alkanes) is 26. The third-order valence-electron chi connectivity index (χ3n) is 11.1. The van der Waals surface area contributed by atoms with Gasteiger partial charge in [-0.15, -0.1) is 0 Å². The van der Waals surface area contributed by atoms with Gasteiger partial charge in [-0.05, 0) is 51.4 Å². The predicted octanol–water partition coefficient (Wildman–Crippen LogP) is 14.2. The number of carbonyl (C=O) groups excluding carboxylic acids is 2. The van der Waals surface area contributed by atoms with Gasteiger partial charge in [0.2, 0.25) is 0 Å². The Labute approximate surface area is 381 Å². The molecule has 0 fully saturated rings. The van der Waals surface area contributed by atoms with Crippen molar-refractivity contribution in [2.45, 2.75) is 238 Å². The zero-order chi connectivity index (χ0) is 45.6. The first kappa shape index (κ1) is 59.5. The van der Waals surface area contributed by atoms with Crippen molar-refractivity contribution < 1.29 is 42.9 Å². The number of carboxylic acid groups (broad SMARTS) is 1. The van der Waals surface area contributed by atoms with E-state index in [9.17, 15) is 19.5 Å². The Morgan fingerprint density at radius 3 is 1.29 bits per heavy atom. The fraction of sp³-hybridized carbons (Fsp3) is 0.830. The minimum atomic E-state index is -1.50. The lowest BCUT2D eigenvalue weighted by molar-refractivity contribution is -0.870. The van der Waals surface area contributed by atoms with Gasteiger partial charge >= 0.3 is 17.9 Å². The number of aliphatic carboxylic acids is 1. The molecule has 62 heavy (non-hydrogen) atoms. The number of carboxylic acids is 1. The van der Waals surface area contributed by atoms with Gasteiger partial charge in [-0.2, -0.15) is 0 Å². The molecule has 0 aromatic carbocycles. The van der Waals surface area contributed by atoms with Crippen molar-refractivity contribution in [3.8, 4) is 0 Å². The summed E-state index contributed by atoms with van der Waals surface area (Å²) >= 11 is 0. The molecule has 362 valence electrons. The maximum absolute atomic E-state index is 12.7. The maximum atomic E-state index is 12.7. The third-order valence-corrected chi connectivity index (χ3v) is 11.1. The zero-order valence-corrected chi connectivity index (χ0v) is 41.0. The standard InChI is InChI=1S/C53H97NO8/c1-6-8-10-12-14-15-16-17-18-19-20-21-22-23-24-25-26-27-28-29-30-31-32-33-34-35-36-37-38-40-42-44-51(56)62-49(47-60-50(55)43-41-39-13-11-9-7-2)48-61-53(52(57)58)59-46-45-54(3,4)5/h16-17,19-20,22-23,49,53H,6-15,18,21,24-48H2,1-5H3/p+1/b17-16-,20-19-,23-22-. The average Bonchev–Trinajstić information content (AvgIpc) is 3.23. The summed E-state index contributed by atoms with van der Waals surface area (Å²) in [7, 11) is 5.95. The third kappa shape index (κ3) is 45.5. The molecule has 0 heterocycles. The summed E-state index contributed by atoms with van der Waals surface area (Å²) in [5.74, 6) is -2.01. The Kier molecular flexibility index (Phi) is 43.3. The van der Waals surface area contributed by atoms with Crippen molar-refractivity contribution in [3.63, 3.8) is 0 Å². The topological polar surface area (TPSA) is 108 Å². The van der Waals surface area contributed by atoms with Crippen molar-refractivity contribution in [1.82, 2.24) is 0 Å². The van der Waals surface area contributed by atoms with Gasteiger partial charge < -0.3 is 28.5 Å². The molecule has 0 amide bonds. The molecule has 0 spiro atoms. The Bertz CT molecular complexity index is 1110. The van der Waals surface area contributed by atoms with Gasteiger partial charge in [0, 0.05) is 12.8 Å². The maximum Gasteiger partial charge on any atom is 0.361 e. The Hall–Kier alpha value is -2.49. The van der Waals surface area contributed by atoms with Crippen LogP contribution in [0.4, 0.5) is 0 Å². The van der Waals surface area contributed by atoms with Crippen LogP contribution in [0.1, 0.15) is 226 Å². The van der Waals surface area contributed by atoms with Crippen molar-refractivity contribution in [3.05, 3.63) is 36.5 Å². The molecule has 9 nitrogen and oxygen atoms in total. The van der Waals surface area contributed by atoms with E-state index in [0.717, 1.165) is 51.4 Å². The van der Waals surface area contributed by atoms with E-state index in [1.54, 1.807) is 0 Å². The van der Waals surface area contributed by atoms with Crippen molar-refractivity contribution >= 4 is 17.9 Å². The number of quaternary nitrogens is 1. The summed E-state index contributed by atoms with van der Waals surface area (Å²) in [5.41, 5.74) is 0. The van der Waals surface area contributed by atoms with Crippen LogP contribution in [0.2, 0.25) is 0 Å². The first-order valence-corrected chi connectivity index (χ1v) is 25.7. The van der Waals surface area contributed by atoms with Crippen LogP contribution in [-0.2, 0) is 33.3 Å². The molecule has 0 radical (unpaired) electrons. The lowest BCUT2D eigenvalue weighted by atomic mass is 10.0. The smallest absolute Gasteiger partial charge is 0.361 e. The summed E-state index contributed by atoms with van der Waals surface area (Å²) in [6.45, 7) is 4.80. The quantitative estimate of drug-likeness (QED) is 0.0212. The Morgan fingerprint density at radius 1 is 0.484 bits per heavy atom. The van der Waals surface area contributed by atoms with Gasteiger partial charge in [-0.3, -0.25) is 9.59 Å². The highest BCUT2D eigenvalue weighted by atomic mass is 16.7. The molecule has 0 saturated heterocycles. The van der Waals surface area contributed by atoms with Gasteiger partial charge in [-0.25, -0.2) is 4.79 Å². The lowest BCUT2D eigenvalue weighted by Crippen LogP contribution is -2.40. The van der Waals surface area contributed by atoms with Crippen LogP contribution in [0.25, 0.3) is 0 Å². The highest BCUT2D eigenvalue weighted by molar-refractivity contribution is 5.71. The highest BCUT2D eigenvalue weighted by Gasteiger charge is 2.25. The number of esters is 2. The molecule has 1 N–H and O–H groups in total. The van der Waals surface area contributed by atoms with E-state index in [0.29, 0.717) is 17.4 Å². The molecule has 0 aliphatic rings. The summed E-state index contributed by atoms with van der Waals surface area (Å²) in [5, 5.41) is 9.61. The molecule has 0 rings (SSSR count). The second-order valence-electron chi connectivity index (χ2n) is 18.5. The van der Waals surface area contributed by atoms with Crippen LogP contribution < -0.4 is 0 Å². The largest absolute Gasteiger partial charge is 0.477 e. The first-order valence-electron chi connectivity index (χ1n) is 25.7. The van der Waals surface area contributed by atoms with Crippen LogP contribution in [0.5, 0.6) is 0 Å². The van der Waals surface area contributed by atoms with Crippen molar-refractivity contribution in [1.29, 1.82) is 0 Å². The number of ether oxygens (including phenoxy) is 4. The van der Waals surface area contributed by atoms with E-state index >= 15 is 0 Å². The lowest BCUT2D eigenvalue weighted by Gasteiger charge is -2.25. The van der Waals surface area contributed by atoms with Crippen LogP contribution in [0.3, 0.4) is 0 Å². The van der Waals surface area contributed by atoms with Crippen LogP contribution in [-0.4, -0.2) is 87.4 Å². The number of allylic oxidation sites excluding steroid dienone is 6. The summed E-state index contributed by atoms with van der Waals surface area (Å²) in [6.07, 6.45) is 49.8. The molecule has 0 bridgehead atoms. The summed E-state index contributed by atoms with van der Waals surface area (Å²) < 4.78 is 22.6. The van der Waals surface area contributed by atoms with Crippen LogP contribution >= 0.6 is 0 Å². The van der Waals surface area contributed by atoms with Gasteiger partial charge in [0.1, 0.15) is 13.2 Å². The summed E-state index contributed by atoms with van der Waals surface area (Å²) in [4.78, 5) is 36.9. The molecule has 2 unspecified atom stereocenters. The molecule has 0 aromatic rings. The fourth-order valence-electron chi connectivity index (χ4n) is 7.14. The highest BCUT2D eigenvalue weighted by Crippen LogP contribution is 2.16. The van der Waals surface area contributed by atoms with E-state index in [1.165, 1.54) is 148 Å². The van der Waals surface area contributed by atoms with Crippen LogP contribution in [0.15, 0.2) is 36.5 Å². The Balaban J connectivity index is 4.00. The predicted molar refractivity (Wildman–Crippen MR) is 258 cm³/mol. The molecular formula is C53H98NO8+. The number of hydrogen-bond acceptors (Lipinski definition) is 7. The van der Waals surface area contributed by atoms with Gasteiger partial charge in [0.25, 0.3) is 6.29 Å². The number of nitrogens with zero attached hydrogens (tertiary/aromatic N) is 1. The number of likely N-dealkylation sites (N-methyl/N-ethyl adjacent to an activating group) is 1. The fourth-order valence-corrected chi connectivity index (χ4v) is 7.14. The SMILES string of the molecule is CCCCCCC/C=C\C/C=C\C/C=C\CCCCCCCCCCCCCCCCCCC(=O)OC(COC(=O)CCCCCCCC)COC(OCC[N+](C)(C)C)C(=O)O. The van der Waals surface area contributed by atoms with Crippen molar-refractivity contribution in [2.24, 2.45) is 0 Å². The van der Waals surface area contributed by atoms with Gasteiger partial charge in [0.15, 0.2) is 6.10 Å². The van der Waals surface area contributed by atoms with Crippen molar-refractivity contribution in [2.75, 3.05) is 47.5 Å². The van der Waals surface area contributed by atoms with E-state index in [4.69, 9.17) is 18.9 Å². The summed E-state index contributed by atoms with van der Waals surface area (Å²) in [6, 6.07) is 0. The monoisotopic (exact) mass is 877 g/mol. The molecule has 0 aromatic heterocycles. The molecular weight excluding hydrogens is 779 g/mol. The van der Waals surface area contributed by atoms with Gasteiger partial charge in [0.05, 0.1) is 34.4 Å². The zero-order valence-electron chi connectivity index (χ0n) is 41.0. The minimum Gasteiger partial charge on any atom is -0.477 e. The number of rotatable bonds is 47. The van der Waals surface area contributed by atoms with Crippen LogP contribution in [0, 0.1) is 0 Å². The van der Waals surface area contributed by atoms with E-state index < -0.39 is 24.3 Å². The first-order chi connectivity index (χ1) is 30.1. The molecule has 2 atom stereocenters. The minimum absolute atomic E-state index is 0.180. The van der Waals surface area contributed by atoms with E-state index in [1.807, 2.05) is 21.1 Å². The molecule has 0 aliphatic carbocycles. The molecule has 0 aliphatic heterocycles. The molecule has 0 saturated carbocycles. The van der Waals surface area contributed by atoms with E-state index in [2.05, 4.69) is 50.3 Å². The molecule has 9 heteroatoms. The Morgan fingerprint density at radius 2 is 0.871 bits per heavy atom. The normalized spacial score (nSPS) is 13.1.